The van der Waals surface area contributed by atoms with Crippen LogP contribution in [-0.2, 0) is 4.79 Å². The number of carbonyl (C=O) groups excluding carboxylic acids is 2. The SMILES string of the molecule is CCN(CC)CCNC(=O)c1c(C)[nH]c(C=C2C(=O)Nc3ccc(-c4cnn(-c5ccccc5)c4C)cc32)c1C. The third-order valence-corrected chi connectivity index (χ3v) is 7.72. The van der Waals surface area contributed by atoms with E-state index in [1.807, 2.05) is 86.3 Å². The number of nitrogens with one attached hydrogen (secondary N) is 3. The predicted octanol–water partition coefficient (Wildman–Crippen LogP) is 5.36. The van der Waals surface area contributed by atoms with Gasteiger partial charge in [0.2, 0.25) is 0 Å². The molecule has 4 aromatic rings. The molecule has 5 rings (SSSR count). The third kappa shape index (κ3) is 5.10. The minimum atomic E-state index is -0.166. The van der Waals surface area contributed by atoms with Crippen LogP contribution in [-0.4, -0.2) is 57.7 Å². The second kappa shape index (κ2) is 11.4. The van der Waals surface area contributed by atoms with Crippen molar-refractivity contribution in [2.24, 2.45) is 0 Å². The molecule has 8 nitrogen and oxygen atoms in total. The highest BCUT2D eigenvalue weighted by molar-refractivity contribution is 6.35. The number of para-hydroxylation sites is 1. The zero-order valence-corrected chi connectivity index (χ0v) is 23.8. The van der Waals surface area contributed by atoms with Crippen LogP contribution in [0.15, 0.2) is 54.7 Å². The number of carbonyl (C=O) groups is 2. The fourth-order valence-electron chi connectivity index (χ4n) is 5.38. The van der Waals surface area contributed by atoms with Crippen LogP contribution in [0.1, 0.15) is 52.4 Å². The predicted molar refractivity (Wildman–Crippen MR) is 161 cm³/mol. The maximum absolute atomic E-state index is 13.0. The lowest BCUT2D eigenvalue weighted by atomic mass is 9.98. The number of anilines is 1. The standard InChI is InChI=1S/C32H36N6O2/c1-6-37(7-2)16-15-33-32(40)30-20(3)29(35-21(30)4)18-26-25-17-23(13-14-28(25)36-31(26)39)27-19-34-38(22(27)5)24-11-9-8-10-12-24/h8-14,17-19,35H,6-7,15-16H2,1-5H3,(H,33,40)(H,36,39). The Labute approximate surface area is 235 Å². The van der Waals surface area contributed by atoms with E-state index in [4.69, 9.17) is 0 Å². The number of hydrogen-bond acceptors (Lipinski definition) is 4. The van der Waals surface area contributed by atoms with Gasteiger partial charge in [0, 0.05) is 47.0 Å². The van der Waals surface area contributed by atoms with Gasteiger partial charge < -0.3 is 20.5 Å². The Balaban J connectivity index is 1.43. The van der Waals surface area contributed by atoms with E-state index in [0.29, 0.717) is 17.7 Å². The number of fused-ring (bicyclic) bond motifs is 1. The lowest BCUT2D eigenvalue weighted by molar-refractivity contribution is -0.110. The van der Waals surface area contributed by atoms with Gasteiger partial charge in [0.1, 0.15) is 0 Å². The molecule has 0 radical (unpaired) electrons. The van der Waals surface area contributed by atoms with Crippen molar-refractivity contribution < 1.29 is 9.59 Å². The lowest BCUT2D eigenvalue weighted by Gasteiger charge is -2.18. The van der Waals surface area contributed by atoms with Gasteiger partial charge in [-0.3, -0.25) is 9.59 Å². The van der Waals surface area contributed by atoms with E-state index in [9.17, 15) is 9.59 Å². The maximum Gasteiger partial charge on any atom is 0.256 e. The van der Waals surface area contributed by atoms with E-state index < -0.39 is 0 Å². The third-order valence-electron chi connectivity index (χ3n) is 7.72. The van der Waals surface area contributed by atoms with E-state index in [1.54, 1.807) is 0 Å². The number of aromatic nitrogens is 3. The Morgan fingerprint density at radius 2 is 1.80 bits per heavy atom. The first-order valence-electron chi connectivity index (χ1n) is 13.8. The number of rotatable bonds is 9. The van der Waals surface area contributed by atoms with Crippen molar-refractivity contribution in [3.05, 3.63) is 88.5 Å². The first kappa shape index (κ1) is 27.1. The summed E-state index contributed by atoms with van der Waals surface area (Å²) in [6, 6.07) is 16.0. The zero-order chi connectivity index (χ0) is 28.4. The second-order valence-electron chi connectivity index (χ2n) is 10.1. The molecule has 0 aliphatic carbocycles. The zero-order valence-electron chi connectivity index (χ0n) is 23.8. The van der Waals surface area contributed by atoms with Crippen LogP contribution in [0.4, 0.5) is 5.69 Å². The van der Waals surface area contributed by atoms with Crippen molar-refractivity contribution in [1.82, 2.24) is 25.0 Å². The second-order valence-corrected chi connectivity index (χ2v) is 10.1. The summed E-state index contributed by atoms with van der Waals surface area (Å²) < 4.78 is 1.92. The molecule has 0 bridgehead atoms. The highest BCUT2D eigenvalue weighted by Gasteiger charge is 2.26. The minimum Gasteiger partial charge on any atom is -0.358 e. The lowest BCUT2D eigenvalue weighted by Crippen LogP contribution is -2.35. The fraction of sp³-hybridized carbons (Fsp3) is 0.281. The smallest absolute Gasteiger partial charge is 0.256 e. The van der Waals surface area contributed by atoms with Gasteiger partial charge in [-0.1, -0.05) is 38.1 Å². The van der Waals surface area contributed by atoms with Crippen LogP contribution in [0.25, 0.3) is 28.5 Å². The van der Waals surface area contributed by atoms with Gasteiger partial charge in [0.25, 0.3) is 11.8 Å². The number of H-pyrrole nitrogens is 1. The first-order valence-corrected chi connectivity index (χ1v) is 13.8. The molecular formula is C32H36N6O2. The molecular weight excluding hydrogens is 500 g/mol. The molecule has 0 saturated carbocycles. The van der Waals surface area contributed by atoms with Gasteiger partial charge in [-0.05, 0) is 75.3 Å². The Morgan fingerprint density at radius 3 is 2.52 bits per heavy atom. The van der Waals surface area contributed by atoms with Crippen molar-refractivity contribution in [1.29, 1.82) is 0 Å². The molecule has 3 N–H and O–H groups in total. The average Bonchev–Trinajstić information content (AvgIpc) is 3.58. The molecule has 2 amide bonds. The van der Waals surface area contributed by atoms with Crippen LogP contribution in [0, 0.1) is 20.8 Å². The van der Waals surface area contributed by atoms with Gasteiger partial charge in [-0.2, -0.15) is 5.10 Å². The highest BCUT2D eigenvalue weighted by Crippen LogP contribution is 2.37. The monoisotopic (exact) mass is 536 g/mol. The van der Waals surface area contributed by atoms with Gasteiger partial charge in [0.05, 0.1) is 23.0 Å². The van der Waals surface area contributed by atoms with Crippen molar-refractivity contribution in [3.8, 4) is 16.8 Å². The minimum absolute atomic E-state index is 0.104. The summed E-state index contributed by atoms with van der Waals surface area (Å²) in [5.41, 5.74) is 9.12. The van der Waals surface area contributed by atoms with Gasteiger partial charge in [0.15, 0.2) is 0 Å². The number of hydrogen-bond donors (Lipinski definition) is 3. The van der Waals surface area contributed by atoms with E-state index in [2.05, 4.69) is 39.5 Å². The Kier molecular flexibility index (Phi) is 7.71. The fourth-order valence-corrected chi connectivity index (χ4v) is 5.38. The summed E-state index contributed by atoms with van der Waals surface area (Å²) >= 11 is 0. The summed E-state index contributed by atoms with van der Waals surface area (Å²) in [5.74, 6) is -0.270. The van der Waals surface area contributed by atoms with Gasteiger partial charge in [-0.15, -0.1) is 0 Å². The number of benzene rings is 2. The number of aryl methyl sites for hydroxylation is 1. The van der Waals surface area contributed by atoms with E-state index in [1.165, 1.54) is 0 Å². The van der Waals surface area contributed by atoms with Crippen molar-refractivity contribution in [2.75, 3.05) is 31.5 Å². The largest absolute Gasteiger partial charge is 0.358 e. The number of amides is 2. The Morgan fingerprint density at radius 1 is 1.05 bits per heavy atom. The van der Waals surface area contributed by atoms with Crippen LogP contribution >= 0.6 is 0 Å². The molecule has 0 unspecified atom stereocenters. The van der Waals surface area contributed by atoms with Crippen LogP contribution in [0.2, 0.25) is 0 Å². The Hall–Kier alpha value is -4.43. The molecule has 0 fully saturated rings. The molecule has 2 aromatic heterocycles. The maximum atomic E-state index is 13.0. The normalized spacial score (nSPS) is 13.7. The van der Waals surface area contributed by atoms with Crippen molar-refractivity contribution >= 4 is 29.2 Å². The summed E-state index contributed by atoms with van der Waals surface area (Å²) in [6.45, 7) is 13.4. The molecule has 2 aromatic carbocycles. The molecule has 0 saturated heterocycles. The summed E-state index contributed by atoms with van der Waals surface area (Å²) in [6.07, 6.45) is 3.71. The first-order chi connectivity index (χ1) is 19.3. The van der Waals surface area contributed by atoms with E-state index in [0.717, 1.165) is 70.3 Å². The van der Waals surface area contributed by atoms with Crippen molar-refractivity contribution in [2.45, 2.75) is 34.6 Å². The Bertz CT molecular complexity index is 1590. The van der Waals surface area contributed by atoms with Crippen LogP contribution in [0.5, 0.6) is 0 Å². The van der Waals surface area contributed by atoms with E-state index in [-0.39, 0.29) is 11.8 Å². The number of likely N-dealkylation sites (N-methyl/N-ethyl adjacent to an activating group) is 1. The van der Waals surface area contributed by atoms with Crippen LogP contribution < -0.4 is 10.6 Å². The topological polar surface area (TPSA) is 95.1 Å². The molecule has 3 heterocycles. The molecule has 0 atom stereocenters. The summed E-state index contributed by atoms with van der Waals surface area (Å²) in [7, 11) is 0. The highest BCUT2D eigenvalue weighted by atomic mass is 16.2. The average molecular weight is 537 g/mol. The van der Waals surface area contributed by atoms with Crippen molar-refractivity contribution in [3.63, 3.8) is 0 Å². The quantitative estimate of drug-likeness (QED) is 0.251. The number of nitrogens with zero attached hydrogens (tertiary/aromatic N) is 3. The number of aromatic amines is 1. The molecule has 1 aliphatic heterocycles. The molecule has 40 heavy (non-hydrogen) atoms. The van der Waals surface area contributed by atoms with E-state index >= 15 is 0 Å². The van der Waals surface area contributed by atoms with Crippen LogP contribution in [0.3, 0.4) is 0 Å². The molecule has 206 valence electrons. The van der Waals surface area contributed by atoms with Gasteiger partial charge in [-0.25, -0.2) is 4.68 Å². The molecule has 0 spiro atoms. The van der Waals surface area contributed by atoms with Gasteiger partial charge >= 0.3 is 0 Å². The summed E-state index contributed by atoms with van der Waals surface area (Å²) in [5, 5.41) is 10.6. The molecule has 1 aliphatic rings. The summed E-state index contributed by atoms with van der Waals surface area (Å²) in [4.78, 5) is 31.7. The molecule has 8 heteroatoms.